The lowest BCUT2D eigenvalue weighted by Crippen LogP contribution is -2.24. The molecule has 0 atom stereocenters. The molecule has 0 unspecified atom stereocenters. The molecule has 0 saturated heterocycles. The third-order valence-corrected chi connectivity index (χ3v) is 2.91. The van der Waals surface area contributed by atoms with Gasteiger partial charge in [-0.2, -0.15) is 0 Å². The molecule has 2 nitrogen and oxygen atoms in total. The van der Waals surface area contributed by atoms with E-state index >= 15 is 0 Å². The van der Waals surface area contributed by atoms with Gasteiger partial charge in [0.2, 0.25) is 0 Å². The Kier molecular flexibility index (Phi) is 5.73. The summed E-state index contributed by atoms with van der Waals surface area (Å²) >= 11 is 2.30. The van der Waals surface area contributed by atoms with E-state index in [1.54, 1.807) is 13.0 Å². The smallest absolute Gasteiger partial charge is 0.251 e. The van der Waals surface area contributed by atoms with E-state index in [2.05, 4.69) is 27.9 Å². The van der Waals surface area contributed by atoms with Gasteiger partial charge in [-0.1, -0.05) is 22.6 Å². The summed E-state index contributed by atoms with van der Waals surface area (Å²) in [6, 6.07) is 4.37. The molecular weight excluding hydrogens is 320 g/mol. The summed E-state index contributed by atoms with van der Waals surface area (Å²) in [5.41, 5.74) is 1.16. The second-order valence-corrected chi connectivity index (χ2v) is 4.75. The number of aryl methyl sites for hydroxylation is 1. The summed E-state index contributed by atoms with van der Waals surface area (Å²) in [7, 11) is 0. The van der Waals surface area contributed by atoms with E-state index < -0.39 is 0 Å². The molecule has 1 aromatic carbocycles. The quantitative estimate of drug-likeness (QED) is 0.500. The zero-order valence-corrected chi connectivity index (χ0v) is 11.4. The van der Waals surface area contributed by atoms with Crippen LogP contribution in [-0.4, -0.2) is 16.9 Å². The first-order valence-electron chi connectivity index (χ1n) is 5.25. The van der Waals surface area contributed by atoms with Crippen molar-refractivity contribution in [3.63, 3.8) is 0 Å². The highest BCUT2D eigenvalue weighted by atomic mass is 127. The molecule has 88 valence electrons. The molecule has 0 aliphatic heterocycles. The number of carbonyl (C=O) groups excluding carboxylic acids is 1. The zero-order valence-electron chi connectivity index (χ0n) is 9.22. The average molecular weight is 335 g/mol. The number of alkyl halides is 1. The fraction of sp³-hybridized carbons (Fsp3) is 0.417. The van der Waals surface area contributed by atoms with Gasteiger partial charge in [-0.15, -0.1) is 0 Å². The molecule has 1 amide bonds. The van der Waals surface area contributed by atoms with Gasteiger partial charge in [0.1, 0.15) is 5.82 Å². The number of amides is 1. The topological polar surface area (TPSA) is 29.1 Å². The minimum Gasteiger partial charge on any atom is -0.352 e. The first kappa shape index (κ1) is 13.4. The highest BCUT2D eigenvalue weighted by Crippen LogP contribution is 2.08. The Morgan fingerprint density at radius 3 is 2.75 bits per heavy atom. The molecule has 0 aliphatic carbocycles. The second kappa shape index (κ2) is 6.83. The Morgan fingerprint density at radius 2 is 2.12 bits per heavy atom. The number of rotatable bonds is 5. The number of hydrogen-bond acceptors (Lipinski definition) is 1. The Hall–Kier alpha value is -0.650. The normalized spacial score (nSPS) is 10.2. The fourth-order valence-electron chi connectivity index (χ4n) is 1.39. The van der Waals surface area contributed by atoms with Crippen molar-refractivity contribution in [2.75, 3.05) is 11.0 Å². The third-order valence-electron chi connectivity index (χ3n) is 2.15. The molecule has 0 spiro atoms. The molecule has 0 radical (unpaired) electrons. The van der Waals surface area contributed by atoms with Crippen molar-refractivity contribution in [3.8, 4) is 0 Å². The molecule has 1 rings (SSSR count). The Balaban J connectivity index is 2.52. The van der Waals surface area contributed by atoms with Crippen molar-refractivity contribution in [1.29, 1.82) is 0 Å². The molecule has 16 heavy (non-hydrogen) atoms. The molecule has 4 heteroatoms. The highest BCUT2D eigenvalue weighted by Gasteiger charge is 2.06. The van der Waals surface area contributed by atoms with Gasteiger partial charge in [-0.05, 0) is 48.0 Å². The largest absolute Gasteiger partial charge is 0.352 e. The Morgan fingerprint density at radius 1 is 1.38 bits per heavy atom. The van der Waals surface area contributed by atoms with Crippen LogP contribution in [0.25, 0.3) is 0 Å². The van der Waals surface area contributed by atoms with E-state index in [1.165, 1.54) is 12.1 Å². The van der Waals surface area contributed by atoms with Crippen molar-refractivity contribution in [1.82, 2.24) is 5.32 Å². The summed E-state index contributed by atoms with van der Waals surface area (Å²) in [5, 5.41) is 2.78. The van der Waals surface area contributed by atoms with Crippen LogP contribution in [0.5, 0.6) is 0 Å². The van der Waals surface area contributed by atoms with E-state index in [4.69, 9.17) is 0 Å². The maximum Gasteiger partial charge on any atom is 0.251 e. The maximum atomic E-state index is 13.1. The van der Waals surface area contributed by atoms with Gasteiger partial charge in [0.15, 0.2) is 0 Å². The van der Waals surface area contributed by atoms with Crippen LogP contribution in [-0.2, 0) is 0 Å². The summed E-state index contributed by atoms with van der Waals surface area (Å²) in [6.45, 7) is 2.42. The molecule has 1 aromatic rings. The first-order valence-corrected chi connectivity index (χ1v) is 6.77. The summed E-state index contributed by atoms with van der Waals surface area (Å²) in [4.78, 5) is 11.6. The lowest BCUT2D eigenvalue weighted by Gasteiger charge is -2.05. The number of unbranched alkanes of at least 4 members (excludes halogenated alkanes) is 1. The van der Waals surface area contributed by atoms with Gasteiger partial charge in [-0.3, -0.25) is 4.79 Å². The fourth-order valence-corrected chi connectivity index (χ4v) is 1.93. The van der Waals surface area contributed by atoms with Crippen LogP contribution in [0.3, 0.4) is 0 Å². The minimum absolute atomic E-state index is 0.198. The molecular formula is C12H15FINO. The summed E-state index contributed by atoms with van der Waals surface area (Å²) in [5.74, 6) is -0.562. The van der Waals surface area contributed by atoms with Crippen LogP contribution in [0, 0.1) is 12.7 Å². The zero-order chi connectivity index (χ0) is 12.0. The number of nitrogens with one attached hydrogen (secondary N) is 1. The standard InChI is InChI=1S/C12H15FINO/c1-9-6-10(8-11(13)7-9)12(16)15-5-3-2-4-14/h6-8H,2-5H2,1H3,(H,15,16). The van der Waals surface area contributed by atoms with Crippen molar-refractivity contribution >= 4 is 28.5 Å². The van der Waals surface area contributed by atoms with E-state index in [0.717, 1.165) is 22.8 Å². The number of halogens is 2. The average Bonchev–Trinajstić information content (AvgIpc) is 2.22. The monoisotopic (exact) mass is 335 g/mol. The van der Waals surface area contributed by atoms with E-state index in [1.807, 2.05) is 0 Å². The lowest BCUT2D eigenvalue weighted by molar-refractivity contribution is 0.0952. The lowest BCUT2D eigenvalue weighted by atomic mass is 10.1. The van der Waals surface area contributed by atoms with Gasteiger partial charge in [0.25, 0.3) is 5.91 Å². The summed E-state index contributed by atoms with van der Waals surface area (Å²) in [6.07, 6.45) is 2.05. The van der Waals surface area contributed by atoms with Gasteiger partial charge in [0, 0.05) is 12.1 Å². The van der Waals surface area contributed by atoms with Crippen LogP contribution in [0.1, 0.15) is 28.8 Å². The molecule has 0 heterocycles. The van der Waals surface area contributed by atoms with E-state index in [0.29, 0.717) is 12.1 Å². The van der Waals surface area contributed by atoms with Crippen LogP contribution >= 0.6 is 22.6 Å². The first-order chi connectivity index (χ1) is 7.63. The summed E-state index contributed by atoms with van der Waals surface area (Å²) < 4.78 is 14.1. The van der Waals surface area contributed by atoms with Crippen LogP contribution in [0.15, 0.2) is 18.2 Å². The predicted octanol–water partition coefficient (Wildman–Crippen LogP) is 3.08. The molecule has 1 N–H and O–H groups in total. The van der Waals surface area contributed by atoms with Gasteiger partial charge in [0.05, 0.1) is 0 Å². The van der Waals surface area contributed by atoms with E-state index in [9.17, 15) is 9.18 Å². The molecule has 0 aliphatic rings. The van der Waals surface area contributed by atoms with Gasteiger partial charge in [-0.25, -0.2) is 4.39 Å². The SMILES string of the molecule is Cc1cc(F)cc(C(=O)NCCCCI)c1. The number of hydrogen-bond donors (Lipinski definition) is 1. The van der Waals surface area contributed by atoms with Crippen LogP contribution < -0.4 is 5.32 Å². The highest BCUT2D eigenvalue weighted by molar-refractivity contribution is 14.1. The van der Waals surface area contributed by atoms with Crippen molar-refractivity contribution < 1.29 is 9.18 Å². The third kappa shape index (κ3) is 4.47. The van der Waals surface area contributed by atoms with Crippen molar-refractivity contribution in [2.45, 2.75) is 19.8 Å². The number of benzene rings is 1. The minimum atomic E-state index is -0.364. The van der Waals surface area contributed by atoms with Crippen molar-refractivity contribution in [3.05, 3.63) is 35.1 Å². The molecule has 0 saturated carbocycles. The van der Waals surface area contributed by atoms with Crippen LogP contribution in [0.4, 0.5) is 4.39 Å². The molecule has 0 bridgehead atoms. The predicted molar refractivity (Wildman–Crippen MR) is 71.6 cm³/mol. The number of carbonyl (C=O) groups is 1. The molecule has 0 fully saturated rings. The van der Waals surface area contributed by atoms with E-state index in [-0.39, 0.29) is 11.7 Å². The Labute approximate surface area is 109 Å². The molecule has 0 aromatic heterocycles. The van der Waals surface area contributed by atoms with Crippen molar-refractivity contribution in [2.24, 2.45) is 0 Å². The van der Waals surface area contributed by atoms with Gasteiger partial charge < -0.3 is 5.32 Å². The second-order valence-electron chi connectivity index (χ2n) is 3.67. The van der Waals surface area contributed by atoms with Gasteiger partial charge >= 0.3 is 0 Å². The Bertz CT molecular complexity index is 348. The van der Waals surface area contributed by atoms with Crippen LogP contribution in [0.2, 0.25) is 0 Å². The maximum absolute atomic E-state index is 13.1.